The van der Waals surface area contributed by atoms with Crippen LogP contribution in [0, 0.1) is 0 Å². The van der Waals surface area contributed by atoms with E-state index in [0.717, 1.165) is 48.9 Å². The van der Waals surface area contributed by atoms with Crippen molar-refractivity contribution in [3.8, 4) is 11.5 Å². The molecule has 3 aromatic heterocycles. The Bertz CT molecular complexity index is 1060. The van der Waals surface area contributed by atoms with E-state index in [1.807, 2.05) is 30.6 Å². The summed E-state index contributed by atoms with van der Waals surface area (Å²) in [6.07, 6.45) is 9.97. The molecule has 1 N–H and O–H groups in total. The summed E-state index contributed by atoms with van der Waals surface area (Å²) in [6, 6.07) is 5.59. The smallest absolute Gasteiger partial charge is 0.254 e. The lowest BCUT2D eigenvalue weighted by atomic mass is 10.1. The fraction of sp³-hybridized carbons (Fsp3) is 0.409. The molecule has 30 heavy (non-hydrogen) atoms. The van der Waals surface area contributed by atoms with Gasteiger partial charge < -0.3 is 9.88 Å². The number of nitrogens with one attached hydrogen (secondary N) is 1. The first-order valence-electron chi connectivity index (χ1n) is 10.6. The Balaban J connectivity index is 1.30. The normalized spacial score (nSPS) is 17.0. The average molecular weight is 403 g/mol. The van der Waals surface area contributed by atoms with Crippen LogP contribution in [0.15, 0.2) is 41.6 Å². The van der Waals surface area contributed by atoms with E-state index in [4.69, 9.17) is 4.98 Å². The zero-order chi connectivity index (χ0) is 20.3. The maximum Gasteiger partial charge on any atom is 0.254 e. The van der Waals surface area contributed by atoms with Crippen LogP contribution in [-0.2, 0) is 19.5 Å². The van der Waals surface area contributed by atoms with Crippen LogP contribution in [0.1, 0.15) is 36.1 Å². The highest BCUT2D eigenvalue weighted by Crippen LogP contribution is 2.20. The second-order valence-corrected chi connectivity index (χ2v) is 7.95. The van der Waals surface area contributed by atoms with E-state index in [9.17, 15) is 4.79 Å². The molecule has 0 amide bonds. The van der Waals surface area contributed by atoms with Gasteiger partial charge in [0.15, 0.2) is 5.82 Å². The third-order valence-corrected chi connectivity index (χ3v) is 5.80. The van der Waals surface area contributed by atoms with Crippen LogP contribution in [0.5, 0.6) is 0 Å². The highest BCUT2D eigenvalue weighted by molar-refractivity contribution is 5.49. The third kappa shape index (κ3) is 3.95. The first-order chi connectivity index (χ1) is 14.8. The summed E-state index contributed by atoms with van der Waals surface area (Å²) in [6.45, 7) is 4.27. The predicted octanol–water partition coefficient (Wildman–Crippen LogP) is 2.17. The van der Waals surface area contributed by atoms with Gasteiger partial charge in [-0.2, -0.15) is 0 Å². The van der Waals surface area contributed by atoms with Crippen molar-refractivity contribution < 1.29 is 0 Å². The lowest BCUT2D eigenvalue weighted by Crippen LogP contribution is -2.35. The molecule has 2 aliphatic rings. The Morgan fingerprint density at radius 2 is 1.83 bits per heavy atom. The summed E-state index contributed by atoms with van der Waals surface area (Å²) >= 11 is 0. The number of aromatic amines is 1. The number of hydrogen-bond acceptors (Lipinski definition) is 7. The summed E-state index contributed by atoms with van der Waals surface area (Å²) in [5.74, 6) is 1.35. The second-order valence-electron chi connectivity index (χ2n) is 7.95. The van der Waals surface area contributed by atoms with E-state index in [0.29, 0.717) is 24.5 Å². The quantitative estimate of drug-likeness (QED) is 0.714. The zero-order valence-electron chi connectivity index (χ0n) is 16.9. The summed E-state index contributed by atoms with van der Waals surface area (Å²) in [5.41, 5.74) is 3.30. The molecule has 0 aromatic carbocycles. The third-order valence-electron chi connectivity index (χ3n) is 5.80. The molecule has 1 fully saturated rings. The topological polar surface area (TPSA) is 90.9 Å². The lowest BCUT2D eigenvalue weighted by Gasteiger charge is -2.28. The van der Waals surface area contributed by atoms with Gasteiger partial charge in [-0.05, 0) is 37.8 Å². The van der Waals surface area contributed by atoms with Crippen LogP contribution in [0.4, 0.5) is 5.95 Å². The van der Waals surface area contributed by atoms with Gasteiger partial charge >= 0.3 is 0 Å². The molecule has 5 rings (SSSR count). The van der Waals surface area contributed by atoms with Gasteiger partial charge in [-0.15, -0.1) is 0 Å². The van der Waals surface area contributed by atoms with Crippen molar-refractivity contribution in [1.29, 1.82) is 0 Å². The van der Waals surface area contributed by atoms with Crippen LogP contribution >= 0.6 is 0 Å². The number of hydrogen-bond donors (Lipinski definition) is 1. The molecular weight excluding hydrogens is 378 g/mol. The Hall–Kier alpha value is -3.13. The Kier molecular flexibility index (Phi) is 5.23. The Morgan fingerprint density at radius 1 is 1.00 bits per heavy atom. The van der Waals surface area contributed by atoms with Gasteiger partial charge in [0.2, 0.25) is 5.95 Å². The molecule has 0 atom stereocenters. The van der Waals surface area contributed by atoms with Gasteiger partial charge in [0.05, 0.1) is 5.69 Å². The van der Waals surface area contributed by atoms with Gasteiger partial charge in [0, 0.05) is 62.4 Å². The largest absolute Gasteiger partial charge is 0.341 e. The Morgan fingerprint density at radius 3 is 2.60 bits per heavy atom. The number of nitrogens with zero attached hydrogens (tertiary/aromatic N) is 6. The number of H-pyrrole nitrogens is 1. The predicted molar refractivity (Wildman–Crippen MR) is 114 cm³/mol. The van der Waals surface area contributed by atoms with E-state index < -0.39 is 0 Å². The van der Waals surface area contributed by atoms with E-state index in [-0.39, 0.29) is 5.56 Å². The molecule has 8 heteroatoms. The molecule has 0 aliphatic carbocycles. The van der Waals surface area contributed by atoms with Crippen molar-refractivity contribution in [2.24, 2.45) is 0 Å². The van der Waals surface area contributed by atoms with Crippen molar-refractivity contribution in [1.82, 2.24) is 29.8 Å². The minimum absolute atomic E-state index is 0.0606. The fourth-order valence-electron chi connectivity index (χ4n) is 4.20. The van der Waals surface area contributed by atoms with Crippen molar-refractivity contribution in [2.75, 3.05) is 24.5 Å². The standard InChI is InChI=1S/C22H25N7O/c30-21-17-7-11-28(15-19(17)26-20(27-21)18-6-2-3-8-23-18)14-16-12-24-22(25-13-16)29-9-4-1-5-10-29/h2-3,6,8,12-13H,1,4-5,7,9-11,14-15H2,(H,26,27,30). The zero-order valence-corrected chi connectivity index (χ0v) is 16.9. The maximum atomic E-state index is 12.5. The highest BCUT2D eigenvalue weighted by Gasteiger charge is 2.22. The monoisotopic (exact) mass is 403 g/mol. The van der Waals surface area contributed by atoms with Crippen LogP contribution in [0.25, 0.3) is 11.5 Å². The van der Waals surface area contributed by atoms with Crippen LogP contribution in [0.3, 0.4) is 0 Å². The molecule has 0 spiro atoms. The minimum Gasteiger partial charge on any atom is -0.341 e. The minimum atomic E-state index is -0.0606. The van der Waals surface area contributed by atoms with Gasteiger partial charge in [-0.25, -0.2) is 15.0 Å². The van der Waals surface area contributed by atoms with Crippen molar-refractivity contribution in [3.63, 3.8) is 0 Å². The molecule has 0 radical (unpaired) electrons. The van der Waals surface area contributed by atoms with Crippen molar-refractivity contribution in [3.05, 3.63) is 64.0 Å². The molecule has 1 saturated heterocycles. The van der Waals surface area contributed by atoms with E-state index in [1.54, 1.807) is 6.20 Å². The van der Waals surface area contributed by atoms with E-state index >= 15 is 0 Å². The van der Waals surface area contributed by atoms with Gasteiger partial charge in [-0.3, -0.25) is 14.7 Å². The first kappa shape index (κ1) is 18.9. The molecule has 0 bridgehead atoms. The number of fused-ring (bicyclic) bond motifs is 1. The Labute approximate surface area is 175 Å². The van der Waals surface area contributed by atoms with Crippen LogP contribution < -0.4 is 10.5 Å². The number of pyridine rings is 1. The van der Waals surface area contributed by atoms with Gasteiger partial charge in [0.1, 0.15) is 5.69 Å². The first-order valence-corrected chi connectivity index (χ1v) is 10.6. The lowest BCUT2D eigenvalue weighted by molar-refractivity contribution is 0.240. The summed E-state index contributed by atoms with van der Waals surface area (Å²) < 4.78 is 0. The molecule has 5 heterocycles. The average Bonchev–Trinajstić information content (AvgIpc) is 2.80. The number of piperidine rings is 1. The molecule has 154 valence electrons. The summed E-state index contributed by atoms with van der Waals surface area (Å²) in [7, 11) is 0. The molecular formula is C22H25N7O. The summed E-state index contributed by atoms with van der Waals surface area (Å²) in [4.78, 5) is 38.2. The van der Waals surface area contributed by atoms with Crippen molar-refractivity contribution >= 4 is 5.95 Å². The molecule has 2 aliphatic heterocycles. The van der Waals surface area contributed by atoms with Crippen LogP contribution in [0.2, 0.25) is 0 Å². The van der Waals surface area contributed by atoms with Gasteiger partial charge in [0.25, 0.3) is 5.56 Å². The number of anilines is 1. The van der Waals surface area contributed by atoms with E-state index in [1.165, 1.54) is 19.3 Å². The maximum absolute atomic E-state index is 12.5. The molecule has 3 aromatic rings. The molecule has 0 unspecified atom stereocenters. The SMILES string of the molecule is O=c1[nH]c(-c2ccccn2)nc2c1CCN(Cc1cnc(N3CCCCC3)nc1)C2. The second kappa shape index (κ2) is 8.31. The number of rotatable bonds is 4. The van der Waals surface area contributed by atoms with Gasteiger partial charge in [-0.1, -0.05) is 6.07 Å². The number of aromatic nitrogens is 5. The highest BCUT2D eigenvalue weighted by atomic mass is 16.1. The molecule has 0 saturated carbocycles. The van der Waals surface area contributed by atoms with E-state index in [2.05, 4.69) is 29.7 Å². The fourth-order valence-corrected chi connectivity index (χ4v) is 4.20. The van der Waals surface area contributed by atoms with Crippen LogP contribution in [-0.4, -0.2) is 49.5 Å². The summed E-state index contributed by atoms with van der Waals surface area (Å²) in [5, 5.41) is 0. The van der Waals surface area contributed by atoms with Crippen molar-refractivity contribution in [2.45, 2.75) is 38.8 Å². The molecule has 8 nitrogen and oxygen atoms in total.